The monoisotopic (exact) mass is 393 g/mol. The Labute approximate surface area is 174 Å². The third-order valence-electron chi connectivity index (χ3n) is 8.40. The molecule has 0 spiro atoms. The van der Waals surface area contributed by atoms with Gasteiger partial charge in [0, 0.05) is 17.0 Å². The number of fused-ring (bicyclic) bond motifs is 1. The van der Waals surface area contributed by atoms with Gasteiger partial charge in [0.2, 0.25) is 5.91 Å². The third kappa shape index (κ3) is 3.31. The van der Waals surface area contributed by atoms with Crippen molar-refractivity contribution in [2.45, 2.75) is 84.6 Å². The summed E-state index contributed by atoms with van der Waals surface area (Å²) in [5.41, 5.74) is 4.85. The minimum Gasteiger partial charge on any atom is -0.464 e. The van der Waals surface area contributed by atoms with Crippen molar-refractivity contribution in [3.05, 3.63) is 35.1 Å². The van der Waals surface area contributed by atoms with E-state index in [1.807, 2.05) is 0 Å². The van der Waals surface area contributed by atoms with E-state index in [4.69, 9.17) is 4.42 Å². The third-order valence-corrected chi connectivity index (χ3v) is 8.40. The molecule has 1 aromatic carbocycles. The molecule has 3 nitrogen and oxygen atoms in total. The van der Waals surface area contributed by atoms with Gasteiger partial charge in [0.15, 0.2) is 0 Å². The lowest BCUT2D eigenvalue weighted by Gasteiger charge is -2.59. The van der Waals surface area contributed by atoms with Gasteiger partial charge in [-0.1, -0.05) is 13.8 Å². The van der Waals surface area contributed by atoms with Crippen LogP contribution in [0, 0.1) is 30.1 Å². The molecule has 1 aromatic heterocycles. The van der Waals surface area contributed by atoms with Crippen molar-refractivity contribution in [1.29, 1.82) is 0 Å². The minimum absolute atomic E-state index is 0.141. The Morgan fingerprint density at radius 3 is 2.31 bits per heavy atom. The van der Waals surface area contributed by atoms with Crippen LogP contribution in [-0.2, 0) is 11.2 Å². The summed E-state index contributed by atoms with van der Waals surface area (Å²) in [6, 6.07) is 4.61. The van der Waals surface area contributed by atoms with Crippen LogP contribution in [0.1, 0.15) is 81.9 Å². The van der Waals surface area contributed by atoms with E-state index >= 15 is 0 Å². The van der Waals surface area contributed by atoms with Crippen molar-refractivity contribution in [3.63, 3.8) is 0 Å². The van der Waals surface area contributed by atoms with Gasteiger partial charge in [-0.15, -0.1) is 0 Å². The normalized spacial score (nSPS) is 31.6. The first kappa shape index (κ1) is 19.2. The van der Waals surface area contributed by atoms with Crippen LogP contribution in [0.25, 0.3) is 11.0 Å². The second-order valence-electron chi connectivity index (χ2n) is 10.9. The number of nitrogens with one attached hydrogen (secondary N) is 1. The summed E-state index contributed by atoms with van der Waals surface area (Å²) in [6.07, 6.45) is 10.5. The molecule has 0 radical (unpaired) electrons. The van der Waals surface area contributed by atoms with E-state index in [2.05, 4.69) is 45.1 Å². The molecule has 29 heavy (non-hydrogen) atoms. The first-order valence-corrected chi connectivity index (χ1v) is 11.6. The van der Waals surface area contributed by atoms with Gasteiger partial charge in [-0.3, -0.25) is 4.79 Å². The van der Waals surface area contributed by atoms with E-state index in [-0.39, 0.29) is 11.9 Å². The zero-order valence-electron chi connectivity index (χ0n) is 18.4. The zero-order chi connectivity index (χ0) is 20.3. The van der Waals surface area contributed by atoms with Crippen LogP contribution >= 0.6 is 0 Å². The summed E-state index contributed by atoms with van der Waals surface area (Å²) in [7, 11) is 0. The predicted octanol–water partition coefficient (Wildman–Crippen LogP) is 6.13. The van der Waals surface area contributed by atoms with Gasteiger partial charge in [0.1, 0.15) is 5.58 Å². The minimum atomic E-state index is 0.141. The Morgan fingerprint density at radius 2 is 1.72 bits per heavy atom. The Hall–Kier alpha value is -1.77. The maximum absolute atomic E-state index is 13.0. The number of benzene rings is 1. The lowest BCUT2D eigenvalue weighted by atomic mass is 9.48. The van der Waals surface area contributed by atoms with E-state index in [0.717, 1.165) is 34.3 Å². The molecule has 4 fully saturated rings. The average Bonchev–Trinajstić information content (AvgIpc) is 3.01. The fourth-order valence-electron chi connectivity index (χ4n) is 7.33. The van der Waals surface area contributed by atoms with Gasteiger partial charge in [0.05, 0.1) is 12.7 Å². The summed E-state index contributed by atoms with van der Waals surface area (Å²) < 4.78 is 5.79. The number of carbonyl (C=O) groups excluding carboxylic acids is 1. The van der Waals surface area contributed by atoms with Crippen LogP contribution < -0.4 is 5.32 Å². The van der Waals surface area contributed by atoms with E-state index < -0.39 is 0 Å². The van der Waals surface area contributed by atoms with Crippen LogP contribution in [0.15, 0.2) is 22.8 Å². The number of aryl methyl sites for hydroxylation is 1. The molecule has 0 aliphatic heterocycles. The van der Waals surface area contributed by atoms with Gasteiger partial charge < -0.3 is 9.73 Å². The lowest BCUT2D eigenvalue weighted by molar-refractivity contribution is -0.125. The Bertz CT molecular complexity index is 902. The van der Waals surface area contributed by atoms with Gasteiger partial charge in [-0.25, -0.2) is 0 Å². The highest BCUT2D eigenvalue weighted by Gasteiger charge is 2.53. The molecule has 4 bridgehead atoms. The Morgan fingerprint density at radius 1 is 1.10 bits per heavy atom. The molecule has 156 valence electrons. The van der Waals surface area contributed by atoms with Crippen LogP contribution in [0.5, 0.6) is 0 Å². The number of rotatable bonds is 5. The van der Waals surface area contributed by atoms with Crippen LogP contribution in [-0.4, -0.2) is 11.9 Å². The molecule has 1 heterocycles. The first-order chi connectivity index (χ1) is 13.8. The standard InChI is InChI=1S/C26H35NO2/c1-15(2)22-10-23-21(14-29-24(23)5-16(22)3)9-25(28)27-17(4)26-11-18-6-19(12-26)8-20(7-18)13-26/h5,10,14-15,17-20H,6-9,11-13H2,1-4H3,(H,27,28)/t17-,18?,19?,20?,26?/m1/s1. The molecule has 1 amide bonds. The van der Waals surface area contributed by atoms with E-state index in [9.17, 15) is 4.79 Å². The van der Waals surface area contributed by atoms with E-state index in [1.54, 1.807) is 6.26 Å². The fraction of sp³-hybridized carbons (Fsp3) is 0.654. The summed E-state index contributed by atoms with van der Waals surface area (Å²) in [6.45, 7) is 8.83. The van der Waals surface area contributed by atoms with E-state index in [1.165, 1.54) is 49.7 Å². The highest BCUT2D eigenvalue weighted by molar-refractivity contribution is 5.88. The van der Waals surface area contributed by atoms with Gasteiger partial charge >= 0.3 is 0 Å². The molecular weight excluding hydrogens is 358 g/mol. The van der Waals surface area contributed by atoms with Gasteiger partial charge in [-0.05, 0) is 105 Å². The maximum Gasteiger partial charge on any atom is 0.224 e. The summed E-state index contributed by atoms with van der Waals surface area (Å²) >= 11 is 0. The molecule has 1 N–H and O–H groups in total. The summed E-state index contributed by atoms with van der Waals surface area (Å²) in [5.74, 6) is 3.35. The van der Waals surface area contributed by atoms with Crippen molar-refractivity contribution in [3.8, 4) is 0 Å². The molecule has 4 saturated carbocycles. The van der Waals surface area contributed by atoms with Gasteiger partial charge in [0.25, 0.3) is 0 Å². The quantitative estimate of drug-likeness (QED) is 0.664. The Kier molecular flexibility index (Phi) is 4.56. The highest BCUT2D eigenvalue weighted by Crippen LogP contribution is 2.61. The number of hydrogen-bond donors (Lipinski definition) is 1. The largest absolute Gasteiger partial charge is 0.464 e. The maximum atomic E-state index is 13.0. The number of amides is 1. The van der Waals surface area contributed by atoms with E-state index in [0.29, 0.717) is 17.8 Å². The molecule has 0 unspecified atom stereocenters. The van der Waals surface area contributed by atoms with Crippen molar-refractivity contribution >= 4 is 16.9 Å². The van der Waals surface area contributed by atoms with Crippen molar-refractivity contribution in [1.82, 2.24) is 5.32 Å². The number of carbonyl (C=O) groups is 1. The number of hydrogen-bond acceptors (Lipinski definition) is 2. The smallest absolute Gasteiger partial charge is 0.224 e. The average molecular weight is 394 g/mol. The number of furan rings is 1. The zero-order valence-corrected chi connectivity index (χ0v) is 18.4. The van der Waals surface area contributed by atoms with Crippen LogP contribution in [0.3, 0.4) is 0 Å². The first-order valence-electron chi connectivity index (χ1n) is 11.6. The predicted molar refractivity (Wildman–Crippen MR) is 117 cm³/mol. The molecule has 6 rings (SSSR count). The highest BCUT2D eigenvalue weighted by atomic mass is 16.3. The second kappa shape index (κ2) is 6.89. The summed E-state index contributed by atoms with van der Waals surface area (Å²) in [4.78, 5) is 13.0. The van der Waals surface area contributed by atoms with Gasteiger partial charge in [-0.2, -0.15) is 0 Å². The molecule has 4 aliphatic rings. The second-order valence-corrected chi connectivity index (χ2v) is 10.9. The Balaban J connectivity index is 1.31. The fourth-order valence-corrected chi connectivity index (χ4v) is 7.33. The van der Waals surface area contributed by atoms with Crippen molar-refractivity contribution in [2.75, 3.05) is 0 Å². The molecule has 4 aliphatic carbocycles. The van der Waals surface area contributed by atoms with Crippen LogP contribution in [0.2, 0.25) is 0 Å². The van der Waals surface area contributed by atoms with Crippen molar-refractivity contribution in [2.24, 2.45) is 23.2 Å². The molecular formula is C26H35NO2. The molecule has 3 heteroatoms. The summed E-state index contributed by atoms with van der Waals surface area (Å²) in [5, 5.41) is 4.50. The SMILES string of the molecule is Cc1cc2occ(CC(=O)N[C@H](C)C34CC5CC(CC(C5)C3)C4)c2cc1C(C)C. The topological polar surface area (TPSA) is 42.2 Å². The lowest BCUT2D eigenvalue weighted by Crippen LogP contribution is -2.56. The molecule has 0 saturated heterocycles. The molecule has 1 atom stereocenters. The van der Waals surface area contributed by atoms with Crippen LogP contribution in [0.4, 0.5) is 0 Å². The molecule has 2 aromatic rings. The van der Waals surface area contributed by atoms with Crippen molar-refractivity contribution < 1.29 is 9.21 Å².